The van der Waals surface area contributed by atoms with Crippen molar-refractivity contribution in [2.24, 2.45) is 0 Å². The summed E-state index contributed by atoms with van der Waals surface area (Å²) in [4.78, 5) is 14.7. The maximum absolute atomic E-state index is 13.7. The Morgan fingerprint density at radius 1 is 1.15 bits per heavy atom. The molecule has 0 N–H and O–H groups in total. The molecule has 3 nitrogen and oxygen atoms in total. The molecule has 1 aromatic carbocycles. The third-order valence-corrected chi connectivity index (χ3v) is 5.26. The Kier molecular flexibility index (Phi) is 4.06. The largest absolute Gasteiger partial charge is 0.431 e. The highest BCUT2D eigenvalue weighted by Crippen LogP contribution is 2.46. The summed E-state index contributed by atoms with van der Waals surface area (Å²) >= 11 is 5.91. The third-order valence-electron chi connectivity index (χ3n) is 5.01. The second-order valence-corrected chi connectivity index (χ2v) is 7.48. The summed E-state index contributed by atoms with van der Waals surface area (Å²) in [6.07, 6.45) is -1.40. The maximum Gasteiger partial charge on any atom is 0.431 e. The van der Waals surface area contributed by atoms with E-state index in [4.69, 9.17) is 11.6 Å². The molecule has 2 fully saturated rings. The molecule has 2 aromatic rings. The molecule has 2 aliphatic carbocycles. The molecule has 26 heavy (non-hydrogen) atoms. The van der Waals surface area contributed by atoms with Crippen LogP contribution in [0.5, 0.6) is 0 Å². The monoisotopic (exact) mass is 382 g/mol. The van der Waals surface area contributed by atoms with Gasteiger partial charge in [0.05, 0.1) is 0 Å². The lowest BCUT2D eigenvalue weighted by Gasteiger charge is -2.20. The summed E-state index contributed by atoms with van der Waals surface area (Å²) in [6.45, 7) is 0. The van der Waals surface area contributed by atoms with E-state index in [0.717, 1.165) is 18.9 Å². The first-order chi connectivity index (χ1) is 12.3. The van der Waals surface area contributed by atoms with Gasteiger partial charge in [0.2, 0.25) is 0 Å². The van der Waals surface area contributed by atoms with E-state index >= 15 is 0 Å². The van der Waals surface area contributed by atoms with Gasteiger partial charge < -0.3 is 9.47 Å². The van der Waals surface area contributed by atoms with Crippen molar-refractivity contribution in [1.29, 1.82) is 0 Å². The van der Waals surface area contributed by atoms with Gasteiger partial charge >= 0.3 is 6.18 Å². The lowest BCUT2D eigenvalue weighted by atomic mass is 10.0. The van der Waals surface area contributed by atoms with Gasteiger partial charge in [-0.1, -0.05) is 23.7 Å². The molecule has 0 saturated heterocycles. The summed E-state index contributed by atoms with van der Waals surface area (Å²) < 4.78 is 42.2. The number of nitrogens with zero attached hydrogens (tertiary/aromatic N) is 2. The third kappa shape index (κ3) is 3.11. The lowest BCUT2D eigenvalue weighted by molar-refractivity contribution is -0.143. The van der Waals surface area contributed by atoms with Gasteiger partial charge in [0.15, 0.2) is 0 Å². The van der Waals surface area contributed by atoms with E-state index < -0.39 is 11.9 Å². The first kappa shape index (κ1) is 17.5. The second-order valence-electron chi connectivity index (χ2n) is 7.04. The first-order valence-electron chi connectivity index (χ1n) is 8.63. The van der Waals surface area contributed by atoms with Gasteiger partial charge in [-0.05, 0) is 49.4 Å². The quantitative estimate of drug-likeness (QED) is 0.695. The normalized spacial score (nSPS) is 17.4. The zero-order valence-corrected chi connectivity index (χ0v) is 14.9. The van der Waals surface area contributed by atoms with Crippen molar-refractivity contribution in [3.63, 3.8) is 0 Å². The Balaban J connectivity index is 1.91. The molecular weight excluding hydrogens is 365 g/mol. The number of hydrogen-bond donors (Lipinski definition) is 0. The fourth-order valence-electron chi connectivity index (χ4n) is 3.32. The van der Waals surface area contributed by atoms with Gasteiger partial charge in [0.1, 0.15) is 11.4 Å². The van der Waals surface area contributed by atoms with Gasteiger partial charge in [0.25, 0.3) is 5.91 Å². The van der Waals surface area contributed by atoms with E-state index in [1.165, 1.54) is 4.57 Å². The van der Waals surface area contributed by atoms with Crippen molar-refractivity contribution < 1.29 is 18.0 Å². The van der Waals surface area contributed by atoms with Crippen molar-refractivity contribution >= 4 is 17.5 Å². The number of amides is 1. The molecular formula is C19H18ClF3N2O. The fourth-order valence-corrected chi connectivity index (χ4v) is 3.44. The maximum atomic E-state index is 13.7. The molecule has 2 aliphatic rings. The number of carbonyl (C=O) groups excluding carboxylic acids is 1. The SMILES string of the molecule is CN(C(=O)c1c(-c2ccc(Cl)cc2)cc(C(F)(F)F)n1C1CC1)C1CC1. The Labute approximate surface area is 154 Å². The number of hydrogen-bond acceptors (Lipinski definition) is 1. The Hall–Kier alpha value is -1.95. The highest BCUT2D eigenvalue weighted by molar-refractivity contribution is 6.30. The van der Waals surface area contributed by atoms with Crippen LogP contribution in [0.15, 0.2) is 30.3 Å². The van der Waals surface area contributed by atoms with Crippen LogP contribution in [-0.4, -0.2) is 28.5 Å². The molecule has 1 amide bonds. The van der Waals surface area contributed by atoms with Crippen LogP contribution in [0.4, 0.5) is 13.2 Å². The van der Waals surface area contributed by atoms with Gasteiger partial charge in [-0.25, -0.2) is 0 Å². The summed E-state index contributed by atoms with van der Waals surface area (Å²) in [7, 11) is 1.67. The van der Waals surface area contributed by atoms with E-state index in [0.29, 0.717) is 29.0 Å². The van der Waals surface area contributed by atoms with E-state index in [2.05, 4.69) is 0 Å². The molecule has 4 rings (SSSR count). The average molecular weight is 383 g/mol. The van der Waals surface area contributed by atoms with Crippen LogP contribution in [0.3, 0.4) is 0 Å². The number of alkyl halides is 3. The number of carbonyl (C=O) groups is 1. The van der Waals surface area contributed by atoms with E-state index in [-0.39, 0.29) is 23.7 Å². The summed E-state index contributed by atoms with van der Waals surface area (Å²) in [5.74, 6) is -0.347. The number of rotatable bonds is 4. The van der Waals surface area contributed by atoms with Gasteiger partial charge in [0, 0.05) is 29.7 Å². The summed E-state index contributed by atoms with van der Waals surface area (Å²) in [5.41, 5.74) is 0.263. The van der Waals surface area contributed by atoms with Crippen molar-refractivity contribution in [2.75, 3.05) is 7.05 Å². The minimum atomic E-state index is -4.51. The van der Waals surface area contributed by atoms with Crippen LogP contribution in [0.1, 0.15) is 47.9 Å². The lowest BCUT2D eigenvalue weighted by Crippen LogP contribution is -2.31. The Morgan fingerprint density at radius 2 is 1.77 bits per heavy atom. The molecule has 0 unspecified atom stereocenters. The molecule has 0 bridgehead atoms. The second kappa shape index (κ2) is 6.05. The molecule has 0 atom stereocenters. The smallest absolute Gasteiger partial charge is 0.337 e. The number of halogens is 4. The molecule has 1 heterocycles. The summed E-state index contributed by atoms with van der Waals surface area (Å²) in [6, 6.07) is 7.52. The van der Waals surface area contributed by atoms with Crippen molar-refractivity contribution in [2.45, 2.75) is 43.9 Å². The van der Waals surface area contributed by atoms with Gasteiger partial charge in [-0.15, -0.1) is 0 Å². The standard InChI is InChI=1S/C19H18ClF3N2O/c1-24(13-6-7-13)18(26)17-15(11-2-4-12(20)5-3-11)10-16(19(21,22)23)25(17)14-8-9-14/h2-5,10,13-14H,6-9H2,1H3. The topological polar surface area (TPSA) is 25.2 Å². The van der Waals surface area contributed by atoms with Crippen LogP contribution >= 0.6 is 11.6 Å². The predicted octanol–water partition coefficient (Wildman–Crippen LogP) is 5.40. The molecule has 0 radical (unpaired) electrons. The highest BCUT2D eigenvalue weighted by atomic mass is 35.5. The zero-order chi connectivity index (χ0) is 18.6. The number of benzene rings is 1. The van der Waals surface area contributed by atoms with E-state index in [1.54, 1.807) is 36.2 Å². The first-order valence-corrected chi connectivity index (χ1v) is 9.00. The van der Waals surface area contributed by atoms with E-state index in [9.17, 15) is 18.0 Å². The highest BCUT2D eigenvalue weighted by Gasteiger charge is 2.44. The average Bonchev–Trinajstić information content (AvgIpc) is 3.49. The predicted molar refractivity (Wildman–Crippen MR) is 93.3 cm³/mol. The van der Waals surface area contributed by atoms with Crippen LogP contribution in [0.2, 0.25) is 5.02 Å². The molecule has 7 heteroatoms. The number of aromatic nitrogens is 1. The molecule has 2 saturated carbocycles. The van der Waals surface area contributed by atoms with E-state index in [1.807, 2.05) is 0 Å². The molecule has 138 valence electrons. The van der Waals surface area contributed by atoms with Crippen molar-refractivity contribution in [1.82, 2.24) is 9.47 Å². The fraction of sp³-hybridized carbons (Fsp3) is 0.421. The zero-order valence-electron chi connectivity index (χ0n) is 14.2. The Morgan fingerprint density at radius 3 is 2.27 bits per heavy atom. The molecule has 1 aromatic heterocycles. The van der Waals surface area contributed by atoms with Crippen molar-refractivity contribution in [3.8, 4) is 11.1 Å². The van der Waals surface area contributed by atoms with Crippen LogP contribution < -0.4 is 0 Å². The van der Waals surface area contributed by atoms with Crippen molar-refractivity contribution in [3.05, 3.63) is 46.7 Å². The van der Waals surface area contributed by atoms with Crippen LogP contribution in [-0.2, 0) is 6.18 Å². The van der Waals surface area contributed by atoms with Gasteiger partial charge in [-0.2, -0.15) is 13.2 Å². The van der Waals surface area contributed by atoms with Crippen LogP contribution in [0, 0.1) is 0 Å². The minimum Gasteiger partial charge on any atom is -0.337 e. The molecule has 0 aliphatic heterocycles. The minimum absolute atomic E-state index is 0.123. The summed E-state index contributed by atoms with van der Waals surface area (Å²) in [5, 5.41) is 0.495. The molecule has 0 spiro atoms. The Bertz CT molecular complexity index is 849. The van der Waals surface area contributed by atoms with Gasteiger partial charge in [-0.3, -0.25) is 4.79 Å². The van der Waals surface area contributed by atoms with Crippen LogP contribution in [0.25, 0.3) is 11.1 Å².